The van der Waals surface area contributed by atoms with Crippen LogP contribution in [0, 0.1) is 22.7 Å². The van der Waals surface area contributed by atoms with E-state index in [4.69, 9.17) is 0 Å². The molecule has 0 aromatic carbocycles. The molecule has 0 nitrogen and oxygen atoms in total. The molecule has 0 spiro atoms. The largest absolute Gasteiger partial charge is 0.0622 e. The normalized spacial score (nSPS) is 29.5. The lowest BCUT2D eigenvalue weighted by Gasteiger charge is -2.33. The van der Waals surface area contributed by atoms with Crippen LogP contribution >= 0.6 is 0 Å². The van der Waals surface area contributed by atoms with E-state index in [0.717, 1.165) is 22.7 Å². The van der Waals surface area contributed by atoms with E-state index in [1.54, 1.807) is 0 Å². The van der Waals surface area contributed by atoms with Crippen molar-refractivity contribution in [2.24, 2.45) is 22.7 Å². The van der Waals surface area contributed by atoms with Crippen molar-refractivity contribution in [3.05, 3.63) is 0 Å². The van der Waals surface area contributed by atoms with Crippen molar-refractivity contribution in [1.29, 1.82) is 0 Å². The molecule has 12 heavy (non-hydrogen) atoms. The van der Waals surface area contributed by atoms with E-state index in [1.165, 1.54) is 25.7 Å². The summed E-state index contributed by atoms with van der Waals surface area (Å²) in [5.41, 5.74) is 1.56. The van der Waals surface area contributed by atoms with Gasteiger partial charge >= 0.3 is 0 Å². The first-order valence-corrected chi connectivity index (χ1v) is 5.55. The van der Waals surface area contributed by atoms with E-state index in [9.17, 15) is 0 Å². The highest BCUT2D eigenvalue weighted by Gasteiger charge is 2.67. The predicted molar refractivity (Wildman–Crippen MR) is 53.0 cm³/mol. The molecule has 2 aliphatic rings. The molecule has 0 radical (unpaired) electrons. The van der Waals surface area contributed by atoms with Gasteiger partial charge in [0.05, 0.1) is 0 Å². The minimum Gasteiger partial charge on any atom is -0.0622 e. The summed E-state index contributed by atoms with van der Waals surface area (Å²) in [6.07, 6.45) is 6.07. The second-order valence-electron chi connectivity index (χ2n) is 5.62. The summed E-state index contributed by atoms with van der Waals surface area (Å²) in [6, 6.07) is 0. The van der Waals surface area contributed by atoms with Gasteiger partial charge in [-0.25, -0.2) is 0 Å². The van der Waals surface area contributed by atoms with Gasteiger partial charge in [-0.1, -0.05) is 27.7 Å². The van der Waals surface area contributed by atoms with Crippen molar-refractivity contribution in [3.8, 4) is 0 Å². The maximum absolute atomic E-state index is 2.43. The molecule has 0 aromatic heterocycles. The van der Waals surface area contributed by atoms with Gasteiger partial charge in [-0.2, -0.15) is 0 Å². The highest BCUT2D eigenvalue weighted by atomic mass is 14.7. The van der Waals surface area contributed by atoms with Crippen LogP contribution in [0.15, 0.2) is 0 Å². The van der Waals surface area contributed by atoms with Gasteiger partial charge in [0, 0.05) is 0 Å². The Bertz CT molecular complexity index is 158. The molecular weight excluding hydrogens is 144 g/mol. The van der Waals surface area contributed by atoms with Gasteiger partial charge in [-0.3, -0.25) is 0 Å². The zero-order chi connectivity index (χ0) is 8.98. The minimum absolute atomic E-state index is 0.779. The van der Waals surface area contributed by atoms with Gasteiger partial charge in [0.2, 0.25) is 0 Å². The molecule has 0 amide bonds. The van der Waals surface area contributed by atoms with Crippen LogP contribution < -0.4 is 0 Å². The van der Waals surface area contributed by atoms with Gasteiger partial charge in [-0.05, 0) is 48.3 Å². The van der Waals surface area contributed by atoms with Gasteiger partial charge < -0.3 is 0 Å². The molecule has 2 aliphatic carbocycles. The van der Waals surface area contributed by atoms with E-state index >= 15 is 0 Å². The van der Waals surface area contributed by atoms with Crippen LogP contribution in [0.25, 0.3) is 0 Å². The fraction of sp³-hybridized carbons (Fsp3) is 1.00. The summed E-state index contributed by atoms with van der Waals surface area (Å²) in [6.45, 7) is 9.70. The van der Waals surface area contributed by atoms with Crippen LogP contribution in [-0.4, -0.2) is 0 Å². The summed E-state index contributed by atoms with van der Waals surface area (Å²) < 4.78 is 0. The molecule has 0 unspecified atom stereocenters. The van der Waals surface area contributed by atoms with Crippen LogP contribution in [0.1, 0.15) is 53.4 Å². The SMILES string of the molecule is CC(C)C1(C2(C(C)C)CC2)CC1. The molecule has 0 saturated heterocycles. The van der Waals surface area contributed by atoms with Crippen LogP contribution in [0.5, 0.6) is 0 Å². The molecule has 0 N–H and O–H groups in total. The van der Waals surface area contributed by atoms with Gasteiger partial charge in [0.1, 0.15) is 0 Å². The lowest BCUT2D eigenvalue weighted by Crippen LogP contribution is -2.27. The summed E-state index contributed by atoms with van der Waals surface area (Å²) in [5.74, 6) is 1.84. The fourth-order valence-corrected chi connectivity index (χ4v) is 3.57. The molecule has 2 fully saturated rings. The first kappa shape index (κ1) is 8.59. The average molecular weight is 166 g/mol. The number of hydrogen-bond donors (Lipinski definition) is 0. The third-order valence-corrected chi connectivity index (χ3v) is 4.78. The molecule has 0 bridgehead atoms. The maximum atomic E-state index is 2.43. The molecule has 70 valence electrons. The Labute approximate surface area is 76.7 Å². The Morgan fingerprint density at radius 2 is 0.917 bits per heavy atom. The quantitative estimate of drug-likeness (QED) is 0.597. The monoisotopic (exact) mass is 166 g/mol. The van der Waals surface area contributed by atoms with Crippen LogP contribution in [0.3, 0.4) is 0 Å². The van der Waals surface area contributed by atoms with Gasteiger partial charge in [-0.15, -0.1) is 0 Å². The van der Waals surface area contributed by atoms with Crippen molar-refractivity contribution in [2.75, 3.05) is 0 Å². The third kappa shape index (κ3) is 0.843. The average Bonchev–Trinajstić information content (AvgIpc) is 2.83. The fourth-order valence-electron chi connectivity index (χ4n) is 3.57. The van der Waals surface area contributed by atoms with Crippen molar-refractivity contribution in [3.63, 3.8) is 0 Å². The topological polar surface area (TPSA) is 0 Å². The van der Waals surface area contributed by atoms with Crippen LogP contribution in [0.4, 0.5) is 0 Å². The Hall–Kier alpha value is 0. The standard InChI is InChI=1S/C12H22/c1-9(2)11(5-6-11)12(7-8-12)10(3)4/h9-10H,5-8H2,1-4H3. The predicted octanol–water partition coefficient (Wildman–Crippen LogP) is 3.86. The van der Waals surface area contributed by atoms with E-state index in [0.29, 0.717) is 0 Å². The Balaban J connectivity index is 2.18. The molecule has 0 heteroatoms. The van der Waals surface area contributed by atoms with Crippen LogP contribution in [0.2, 0.25) is 0 Å². The Kier molecular flexibility index (Phi) is 1.63. The molecule has 0 aliphatic heterocycles. The zero-order valence-corrected chi connectivity index (χ0v) is 8.98. The third-order valence-electron chi connectivity index (χ3n) is 4.78. The lowest BCUT2D eigenvalue weighted by atomic mass is 9.71. The number of rotatable bonds is 3. The summed E-state index contributed by atoms with van der Waals surface area (Å²) in [5, 5.41) is 0. The summed E-state index contributed by atoms with van der Waals surface area (Å²) in [4.78, 5) is 0. The molecule has 0 heterocycles. The van der Waals surface area contributed by atoms with Gasteiger partial charge in [0.25, 0.3) is 0 Å². The van der Waals surface area contributed by atoms with Crippen molar-refractivity contribution < 1.29 is 0 Å². The summed E-state index contributed by atoms with van der Waals surface area (Å²) >= 11 is 0. The maximum Gasteiger partial charge on any atom is -0.0215 e. The van der Waals surface area contributed by atoms with E-state index in [-0.39, 0.29) is 0 Å². The van der Waals surface area contributed by atoms with Gasteiger partial charge in [0.15, 0.2) is 0 Å². The lowest BCUT2D eigenvalue weighted by molar-refractivity contribution is 0.145. The molecule has 0 aromatic rings. The highest BCUT2D eigenvalue weighted by Crippen LogP contribution is 2.76. The molecular formula is C12H22. The molecule has 2 saturated carbocycles. The summed E-state index contributed by atoms with van der Waals surface area (Å²) in [7, 11) is 0. The molecule has 2 rings (SSSR count). The number of hydrogen-bond acceptors (Lipinski definition) is 0. The van der Waals surface area contributed by atoms with Crippen LogP contribution in [-0.2, 0) is 0 Å². The minimum atomic E-state index is 0.779. The van der Waals surface area contributed by atoms with Crippen molar-refractivity contribution >= 4 is 0 Å². The van der Waals surface area contributed by atoms with Crippen molar-refractivity contribution in [1.82, 2.24) is 0 Å². The Morgan fingerprint density at radius 1 is 0.667 bits per heavy atom. The first-order valence-electron chi connectivity index (χ1n) is 5.55. The van der Waals surface area contributed by atoms with E-state index in [1.807, 2.05) is 0 Å². The first-order chi connectivity index (χ1) is 5.55. The van der Waals surface area contributed by atoms with E-state index in [2.05, 4.69) is 27.7 Å². The highest BCUT2D eigenvalue weighted by molar-refractivity contribution is 5.16. The van der Waals surface area contributed by atoms with E-state index < -0.39 is 0 Å². The smallest absolute Gasteiger partial charge is 0.0215 e. The Morgan fingerprint density at radius 3 is 1.00 bits per heavy atom. The molecule has 0 atom stereocenters. The zero-order valence-electron chi connectivity index (χ0n) is 8.98. The second-order valence-corrected chi connectivity index (χ2v) is 5.62. The van der Waals surface area contributed by atoms with Crippen molar-refractivity contribution in [2.45, 2.75) is 53.4 Å². The second kappa shape index (κ2) is 2.27.